The van der Waals surface area contributed by atoms with E-state index in [4.69, 9.17) is 19.3 Å². The maximum atomic E-state index is 8.75. The zero-order chi connectivity index (χ0) is 14.1. The molecule has 0 saturated heterocycles. The third kappa shape index (κ3) is 5.64. The molecular weight excluding hydrogens is 244 g/mol. The Bertz CT molecular complexity index is 443. The molecule has 1 N–H and O–H groups in total. The predicted molar refractivity (Wildman–Crippen MR) is 73.5 cm³/mol. The molecule has 0 fully saturated rings. The molecule has 104 valence electrons. The van der Waals surface area contributed by atoms with Gasteiger partial charge in [-0.2, -0.15) is 0 Å². The van der Waals surface area contributed by atoms with Gasteiger partial charge in [-0.15, -0.1) is 0 Å². The number of hydrogen-bond acceptors (Lipinski definition) is 4. The van der Waals surface area contributed by atoms with Gasteiger partial charge in [0.1, 0.15) is 24.7 Å². The zero-order valence-electron chi connectivity index (χ0n) is 11.6. The van der Waals surface area contributed by atoms with E-state index in [0.717, 1.165) is 0 Å². The Morgan fingerprint density at radius 1 is 1.26 bits per heavy atom. The first-order chi connectivity index (χ1) is 9.17. The molecule has 1 aromatic rings. The second-order valence-corrected chi connectivity index (χ2v) is 4.09. The van der Waals surface area contributed by atoms with Gasteiger partial charge in [-0.1, -0.05) is 11.8 Å². The molecule has 0 amide bonds. The fourth-order valence-corrected chi connectivity index (χ4v) is 1.43. The molecule has 0 aromatic heterocycles. The van der Waals surface area contributed by atoms with Crippen molar-refractivity contribution in [3.05, 3.63) is 23.8 Å². The summed E-state index contributed by atoms with van der Waals surface area (Å²) in [6, 6.07) is 5.39. The van der Waals surface area contributed by atoms with Crippen molar-refractivity contribution in [3.63, 3.8) is 0 Å². The van der Waals surface area contributed by atoms with Crippen LogP contribution in [0, 0.1) is 11.8 Å². The number of benzene rings is 1. The number of aliphatic hydroxyl groups excluding tert-OH is 1. The van der Waals surface area contributed by atoms with Crippen molar-refractivity contribution in [2.45, 2.75) is 20.0 Å². The molecular formula is C15H20O4. The summed E-state index contributed by atoms with van der Waals surface area (Å²) in [5.41, 5.74) is 0.693. The van der Waals surface area contributed by atoms with Crippen molar-refractivity contribution in [1.29, 1.82) is 0 Å². The van der Waals surface area contributed by atoms with Crippen LogP contribution < -0.4 is 9.47 Å². The highest BCUT2D eigenvalue weighted by molar-refractivity contribution is 5.50. The van der Waals surface area contributed by atoms with E-state index >= 15 is 0 Å². The average Bonchev–Trinajstić information content (AvgIpc) is 2.41. The predicted octanol–water partition coefficient (Wildman–Crippen LogP) is 1.84. The van der Waals surface area contributed by atoms with Crippen molar-refractivity contribution in [2.24, 2.45) is 0 Å². The third-order valence-electron chi connectivity index (χ3n) is 2.28. The van der Waals surface area contributed by atoms with Gasteiger partial charge >= 0.3 is 0 Å². The van der Waals surface area contributed by atoms with Gasteiger partial charge in [-0.25, -0.2) is 0 Å². The highest BCUT2D eigenvalue weighted by atomic mass is 16.5. The minimum atomic E-state index is -0.187. The molecule has 0 unspecified atom stereocenters. The molecule has 4 nitrogen and oxygen atoms in total. The second kappa shape index (κ2) is 8.41. The monoisotopic (exact) mass is 264 g/mol. The number of hydrogen-bond donors (Lipinski definition) is 1. The van der Waals surface area contributed by atoms with E-state index in [2.05, 4.69) is 11.8 Å². The lowest BCUT2D eigenvalue weighted by molar-refractivity contribution is 0.0552. The van der Waals surface area contributed by atoms with Crippen molar-refractivity contribution in [1.82, 2.24) is 0 Å². The molecule has 0 aliphatic heterocycles. The van der Waals surface area contributed by atoms with Crippen molar-refractivity contribution < 1.29 is 19.3 Å². The lowest BCUT2D eigenvalue weighted by atomic mass is 10.2. The van der Waals surface area contributed by atoms with Crippen LogP contribution in [-0.4, -0.2) is 38.1 Å². The summed E-state index contributed by atoms with van der Waals surface area (Å²) in [7, 11) is 1.59. The Labute approximate surface area is 114 Å². The zero-order valence-corrected chi connectivity index (χ0v) is 11.6. The van der Waals surface area contributed by atoms with E-state index in [-0.39, 0.29) is 12.7 Å². The van der Waals surface area contributed by atoms with Crippen LogP contribution in [0.4, 0.5) is 0 Å². The molecule has 0 aliphatic carbocycles. The maximum Gasteiger partial charge on any atom is 0.135 e. The van der Waals surface area contributed by atoms with Crippen molar-refractivity contribution in [3.8, 4) is 23.3 Å². The van der Waals surface area contributed by atoms with Gasteiger partial charge in [0.15, 0.2) is 0 Å². The van der Waals surface area contributed by atoms with Crippen LogP contribution in [0.25, 0.3) is 0 Å². The summed E-state index contributed by atoms with van der Waals surface area (Å²) in [5.74, 6) is 6.81. The molecule has 1 rings (SSSR count). The summed E-state index contributed by atoms with van der Waals surface area (Å²) in [6.07, 6.45) is 0.188. The Hall–Kier alpha value is -1.70. The van der Waals surface area contributed by atoms with Gasteiger partial charge < -0.3 is 19.3 Å². The maximum absolute atomic E-state index is 8.75. The largest absolute Gasteiger partial charge is 0.497 e. The van der Waals surface area contributed by atoms with Crippen LogP contribution in [0.5, 0.6) is 11.5 Å². The van der Waals surface area contributed by atoms with Crippen LogP contribution in [0.15, 0.2) is 18.2 Å². The molecule has 4 heteroatoms. The summed E-state index contributed by atoms with van der Waals surface area (Å²) >= 11 is 0. The Morgan fingerprint density at radius 2 is 2.05 bits per heavy atom. The van der Waals surface area contributed by atoms with E-state index in [1.165, 1.54) is 0 Å². The minimum Gasteiger partial charge on any atom is -0.497 e. The molecule has 1 aromatic carbocycles. The molecule has 0 radical (unpaired) electrons. The fourth-order valence-electron chi connectivity index (χ4n) is 1.43. The number of rotatable bonds is 6. The van der Waals surface area contributed by atoms with Crippen molar-refractivity contribution >= 4 is 0 Å². The number of ether oxygens (including phenoxy) is 3. The Morgan fingerprint density at radius 3 is 2.68 bits per heavy atom. The quantitative estimate of drug-likeness (QED) is 0.629. The SMILES string of the molecule is COc1ccc(OCCOC(C)C)c(C#CCO)c1. The topological polar surface area (TPSA) is 47.9 Å². The standard InChI is InChI=1S/C15H20O4/c1-12(2)18-9-10-19-15-7-6-14(17-3)11-13(15)5-4-8-16/h6-7,11-12,16H,8-10H2,1-3H3. The van der Waals surface area contributed by atoms with Crippen LogP contribution in [-0.2, 0) is 4.74 Å². The first-order valence-corrected chi connectivity index (χ1v) is 6.19. The fraction of sp³-hybridized carbons (Fsp3) is 0.467. The van der Waals surface area contributed by atoms with E-state index in [1.54, 1.807) is 19.2 Å². The van der Waals surface area contributed by atoms with Crippen molar-refractivity contribution in [2.75, 3.05) is 26.9 Å². The average molecular weight is 264 g/mol. The first-order valence-electron chi connectivity index (χ1n) is 6.19. The normalized spacial score (nSPS) is 9.95. The lowest BCUT2D eigenvalue weighted by Gasteiger charge is -2.11. The second-order valence-electron chi connectivity index (χ2n) is 4.09. The van der Waals surface area contributed by atoms with Crippen LogP contribution in [0.3, 0.4) is 0 Å². The van der Waals surface area contributed by atoms with E-state index < -0.39 is 0 Å². The Kier molecular flexibility index (Phi) is 6.80. The van der Waals surface area contributed by atoms with Gasteiger partial charge in [0.05, 0.1) is 25.4 Å². The number of aliphatic hydroxyl groups is 1. The first kappa shape index (κ1) is 15.4. The van der Waals surface area contributed by atoms with Gasteiger partial charge in [-0.05, 0) is 32.0 Å². The van der Waals surface area contributed by atoms with Gasteiger partial charge in [0.2, 0.25) is 0 Å². The molecule has 0 saturated carbocycles. The third-order valence-corrected chi connectivity index (χ3v) is 2.28. The molecule has 0 spiro atoms. The van der Waals surface area contributed by atoms with Gasteiger partial charge in [0, 0.05) is 0 Å². The Balaban J connectivity index is 2.70. The highest BCUT2D eigenvalue weighted by Crippen LogP contribution is 2.23. The summed E-state index contributed by atoms with van der Waals surface area (Å²) < 4.78 is 16.2. The summed E-state index contributed by atoms with van der Waals surface area (Å²) in [4.78, 5) is 0. The summed E-state index contributed by atoms with van der Waals surface area (Å²) in [5, 5.41) is 8.75. The van der Waals surface area contributed by atoms with Crippen LogP contribution in [0.1, 0.15) is 19.4 Å². The van der Waals surface area contributed by atoms with E-state index in [0.29, 0.717) is 30.3 Å². The van der Waals surface area contributed by atoms with E-state index in [9.17, 15) is 0 Å². The van der Waals surface area contributed by atoms with Gasteiger partial charge in [0.25, 0.3) is 0 Å². The van der Waals surface area contributed by atoms with E-state index in [1.807, 2.05) is 19.9 Å². The van der Waals surface area contributed by atoms with Gasteiger partial charge in [-0.3, -0.25) is 0 Å². The molecule has 19 heavy (non-hydrogen) atoms. The van der Waals surface area contributed by atoms with Crippen LogP contribution in [0.2, 0.25) is 0 Å². The molecule has 0 aliphatic rings. The lowest BCUT2D eigenvalue weighted by Crippen LogP contribution is -2.11. The minimum absolute atomic E-state index is 0.187. The smallest absolute Gasteiger partial charge is 0.135 e. The highest BCUT2D eigenvalue weighted by Gasteiger charge is 2.04. The summed E-state index contributed by atoms with van der Waals surface area (Å²) in [6.45, 7) is 4.75. The number of methoxy groups -OCH3 is 1. The molecule has 0 heterocycles. The molecule has 0 atom stereocenters. The molecule has 0 bridgehead atoms. The van der Waals surface area contributed by atoms with Crippen LogP contribution >= 0.6 is 0 Å².